The summed E-state index contributed by atoms with van der Waals surface area (Å²) in [6.07, 6.45) is 8.94. The monoisotopic (exact) mass is 187 g/mol. The average molecular weight is 187 g/mol. The van der Waals surface area contributed by atoms with Gasteiger partial charge in [-0.1, -0.05) is 30.2 Å². The maximum Gasteiger partial charge on any atom is 0.148 e. The molecule has 0 bridgehead atoms. The molecule has 0 atom stereocenters. The lowest BCUT2D eigenvalue weighted by Crippen LogP contribution is -1.93. The molecule has 0 amide bonds. The van der Waals surface area contributed by atoms with Crippen molar-refractivity contribution in [2.24, 2.45) is 5.73 Å². The molecule has 1 aromatic rings. The van der Waals surface area contributed by atoms with E-state index in [0.717, 1.165) is 11.3 Å². The van der Waals surface area contributed by atoms with Gasteiger partial charge in [0.2, 0.25) is 0 Å². The van der Waals surface area contributed by atoms with Crippen molar-refractivity contribution in [3.05, 3.63) is 35.9 Å². The summed E-state index contributed by atoms with van der Waals surface area (Å²) in [5, 5.41) is 0. The predicted molar refractivity (Wildman–Crippen MR) is 58.9 cm³/mol. The summed E-state index contributed by atoms with van der Waals surface area (Å²) < 4.78 is 5.23. The van der Waals surface area contributed by atoms with Gasteiger partial charge in [0.25, 0.3) is 0 Å². The van der Waals surface area contributed by atoms with E-state index in [9.17, 15) is 0 Å². The molecule has 2 heteroatoms. The van der Waals surface area contributed by atoms with Gasteiger partial charge in [-0.25, -0.2) is 0 Å². The molecular weight excluding hydrogens is 174 g/mol. The van der Waals surface area contributed by atoms with Crippen molar-refractivity contribution in [3.63, 3.8) is 0 Å². The van der Waals surface area contributed by atoms with Crippen molar-refractivity contribution >= 4 is 6.08 Å². The SMILES string of the molecule is C#CCOc1ccc(C=CCN)cc1. The quantitative estimate of drug-likeness (QED) is 0.728. The van der Waals surface area contributed by atoms with Crippen LogP contribution in [0.5, 0.6) is 5.75 Å². The van der Waals surface area contributed by atoms with Crippen LogP contribution in [0.25, 0.3) is 6.08 Å². The summed E-state index contributed by atoms with van der Waals surface area (Å²) in [5.41, 5.74) is 6.44. The third-order valence-corrected chi connectivity index (χ3v) is 1.65. The van der Waals surface area contributed by atoms with Crippen LogP contribution in [0.15, 0.2) is 30.3 Å². The van der Waals surface area contributed by atoms with Gasteiger partial charge in [-0.05, 0) is 17.7 Å². The van der Waals surface area contributed by atoms with Gasteiger partial charge in [0, 0.05) is 6.54 Å². The highest BCUT2D eigenvalue weighted by Crippen LogP contribution is 2.12. The second-order valence-corrected chi connectivity index (χ2v) is 2.70. The van der Waals surface area contributed by atoms with Crippen LogP contribution in [-0.4, -0.2) is 13.2 Å². The topological polar surface area (TPSA) is 35.2 Å². The normalized spacial score (nSPS) is 10.0. The first kappa shape index (κ1) is 10.4. The van der Waals surface area contributed by atoms with Crippen LogP contribution in [0, 0.1) is 12.3 Å². The largest absolute Gasteiger partial charge is 0.481 e. The van der Waals surface area contributed by atoms with E-state index in [0.29, 0.717) is 13.2 Å². The lowest BCUT2D eigenvalue weighted by Gasteiger charge is -2.01. The summed E-state index contributed by atoms with van der Waals surface area (Å²) >= 11 is 0. The highest BCUT2D eigenvalue weighted by Gasteiger charge is 1.90. The van der Waals surface area contributed by atoms with Crippen molar-refractivity contribution < 1.29 is 4.74 Å². The zero-order chi connectivity index (χ0) is 10.2. The Kier molecular flexibility index (Phi) is 4.33. The molecular formula is C12H13NO. The van der Waals surface area contributed by atoms with Crippen LogP contribution >= 0.6 is 0 Å². The molecule has 0 saturated carbocycles. The van der Waals surface area contributed by atoms with E-state index < -0.39 is 0 Å². The molecule has 0 heterocycles. The molecule has 2 nitrogen and oxygen atoms in total. The van der Waals surface area contributed by atoms with Gasteiger partial charge in [-0.3, -0.25) is 0 Å². The molecule has 0 aromatic heterocycles. The minimum absolute atomic E-state index is 0.304. The van der Waals surface area contributed by atoms with Crippen LogP contribution in [0.3, 0.4) is 0 Å². The van der Waals surface area contributed by atoms with Gasteiger partial charge in [0.1, 0.15) is 12.4 Å². The number of rotatable bonds is 4. The third kappa shape index (κ3) is 3.34. The predicted octanol–water partition coefficient (Wildman–Crippen LogP) is 1.67. The van der Waals surface area contributed by atoms with Crippen molar-refractivity contribution in [1.82, 2.24) is 0 Å². The fourth-order valence-corrected chi connectivity index (χ4v) is 1.00. The minimum Gasteiger partial charge on any atom is -0.481 e. The second-order valence-electron chi connectivity index (χ2n) is 2.70. The Bertz CT molecular complexity index is 332. The second kappa shape index (κ2) is 5.85. The first-order valence-electron chi connectivity index (χ1n) is 4.39. The summed E-state index contributed by atoms with van der Waals surface area (Å²) in [4.78, 5) is 0. The minimum atomic E-state index is 0.304. The van der Waals surface area contributed by atoms with E-state index in [4.69, 9.17) is 16.9 Å². The first-order valence-corrected chi connectivity index (χ1v) is 4.39. The number of hydrogen-bond donors (Lipinski definition) is 1. The Balaban J connectivity index is 2.60. The molecule has 1 rings (SSSR count). The Morgan fingerprint density at radius 3 is 2.64 bits per heavy atom. The Labute approximate surface area is 84.4 Å². The number of terminal acetylenes is 1. The maximum atomic E-state index is 5.34. The molecule has 0 aliphatic heterocycles. The average Bonchev–Trinajstić information content (AvgIpc) is 2.25. The summed E-state index contributed by atoms with van der Waals surface area (Å²) in [6.45, 7) is 0.854. The van der Waals surface area contributed by atoms with E-state index >= 15 is 0 Å². The molecule has 72 valence electrons. The molecule has 0 saturated heterocycles. The summed E-state index contributed by atoms with van der Waals surface area (Å²) in [6, 6.07) is 7.68. The Hall–Kier alpha value is -1.72. The maximum absolute atomic E-state index is 5.34. The molecule has 2 N–H and O–H groups in total. The Morgan fingerprint density at radius 2 is 2.07 bits per heavy atom. The van der Waals surface area contributed by atoms with E-state index in [1.54, 1.807) is 0 Å². The molecule has 0 unspecified atom stereocenters. The van der Waals surface area contributed by atoms with Crippen molar-refractivity contribution in [3.8, 4) is 18.1 Å². The molecule has 1 aromatic carbocycles. The lowest BCUT2D eigenvalue weighted by atomic mass is 10.2. The van der Waals surface area contributed by atoms with Gasteiger partial charge in [-0.15, -0.1) is 6.42 Å². The fraction of sp³-hybridized carbons (Fsp3) is 0.167. The fourth-order valence-electron chi connectivity index (χ4n) is 1.00. The van der Waals surface area contributed by atoms with Crippen LogP contribution in [0.4, 0.5) is 0 Å². The van der Waals surface area contributed by atoms with Gasteiger partial charge in [-0.2, -0.15) is 0 Å². The van der Waals surface area contributed by atoms with Gasteiger partial charge in [0.15, 0.2) is 0 Å². The van der Waals surface area contributed by atoms with Crippen molar-refractivity contribution in [2.45, 2.75) is 0 Å². The van der Waals surface area contributed by atoms with Crippen molar-refractivity contribution in [1.29, 1.82) is 0 Å². The molecule has 14 heavy (non-hydrogen) atoms. The highest BCUT2D eigenvalue weighted by molar-refractivity contribution is 5.50. The molecule has 0 fully saturated rings. The number of benzene rings is 1. The van der Waals surface area contributed by atoms with Gasteiger partial charge in [0.05, 0.1) is 0 Å². The van der Waals surface area contributed by atoms with E-state index in [2.05, 4.69) is 5.92 Å². The zero-order valence-corrected chi connectivity index (χ0v) is 7.94. The van der Waals surface area contributed by atoms with Crippen molar-refractivity contribution in [2.75, 3.05) is 13.2 Å². The molecule has 0 spiro atoms. The molecule has 0 aliphatic rings. The molecule has 0 radical (unpaired) electrons. The van der Waals surface area contributed by atoms with Crippen LogP contribution < -0.4 is 10.5 Å². The van der Waals surface area contributed by atoms with E-state index in [-0.39, 0.29) is 0 Å². The molecule has 0 aliphatic carbocycles. The smallest absolute Gasteiger partial charge is 0.148 e. The highest BCUT2D eigenvalue weighted by atomic mass is 16.5. The summed E-state index contributed by atoms with van der Waals surface area (Å²) in [7, 11) is 0. The van der Waals surface area contributed by atoms with E-state index in [1.807, 2.05) is 36.4 Å². The number of hydrogen-bond acceptors (Lipinski definition) is 2. The zero-order valence-electron chi connectivity index (χ0n) is 7.94. The van der Waals surface area contributed by atoms with Crippen LogP contribution in [-0.2, 0) is 0 Å². The van der Waals surface area contributed by atoms with Crippen LogP contribution in [0.1, 0.15) is 5.56 Å². The first-order chi connectivity index (χ1) is 6.86. The van der Waals surface area contributed by atoms with Crippen LogP contribution in [0.2, 0.25) is 0 Å². The lowest BCUT2D eigenvalue weighted by molar-refractivity contribution is 0.370. The Morgan fingerprint density at radius 1 is 1.36 bits per heavy atom. The standard InChI is InChI=1S/C12H13NO/c1-2-10-14-12-7-5-11(6-8-12)4-3-9-13/h1,3-8H,9-10,13H2. The van der Waals surface area contributed by atoms with E-state index in [1.165, 1.54) is 0 Å². The number of nitrogens with two attached hydrogens (primary N) is 1. The van der Waals surface area contributed by atoms with Gasteiger partial charge < -0.3 is 10.5 Å². The third-order valence-electron chi connectivity index (χ3n) is 1.65. The number of ether oxygens (including phenoxy) is 1. The summed E-state index contributed by atoms with van der Waals surface area (Å²) in [5.74, 6) is 3.20. The van der Waals surface area contributed by atoms with Gasteiger partial charge >= 0.3 is 0 Å².